The Hall–Kier alpha value is 0.730. The maximum Gasteiger partial charge on any atom is 2.00 e. The summed E-state index contributed by atoms with van der Waals surface area (Å²) in [6, 6.07) is 0. The molecule has 2 nitrogen and oxygen atoms in total. The number of carboxylic acids is 1. The minimum atomic E-state index is -0.659. The molecule has 0 spiro atoms. The molecule has 0 fully saturated rings. The van der Waals surface area contributed by atoms with E-state index in [1.165, 1.54) is 44.9 Å². The van der Waals surface area contributed by atoms with E-state index in [2.05, 4.69) is 6.92 Å². The monoisotopic (exact) mass is 240 g/mol. The van der Waals surface area contributed by atoms with Gasteiger partial charge in [0, 0.05) is 6.42 Å². The molecule has 0 heterocycles. The van der Waals surface area contributed by atoms with Gasteiger partial charge in [-0.2, -0.15) is 0 Å². The summed E-state index contributed by atoms with van der Waals surface area (Å²) in [5.74, 6) is -0.659. The van der Waals surface area contributed by atoms with Gasteiger partial charge in [-0.25, -0.2) is 0 Å². The van der Waals surface area contributed by atoms with Crippen molar-refractivity contribution in [1.29, 1.82) is 0 Å². The molecule has 84 valence electrons. The summed E-state index contributed by atoms with van der Waals surface area (Å²) in [6.45, 7) is 2.23. The van der Waals surface area contributed by atoms with Crippen LogP contribution in [0.3, 0.4) is 0 Å². The Morgan fingerprint density at radius 2 is 1.27 bits per heavy atom. The predicted octanol–water partition coefficient (Wildman–Crippen LogP) is 3.61. The summed E-state index contributed by atoms with van der Waals surface area (Å²) in [7, 11) is 0. The molecule has 0 unspecified atom stereocenters. The Labute approximate surface area is 124 Å². The normalized spacial score (nSPS) is 9.67. The fraction of sp³-hybridized carbons (Fsp3) is 0.917. The van der Waals surface area contributed by atoms with Crippen LogP contribution >= 0.6 is 0 Å². The molecular weight excluding hydrogens is 216 g/mol. The van der Waals surface area contributed by atoms with E-state index in [0.717, 1.165) is 12.8 Å². The first-order valence-electron chi connectivity index (χ1n) is 5.99. The maximum absolute atomic E-state index is 10.2. The molecule has 3 heteroatoms. The van der Waals surface area contributed by atoms with E-state index < -0.39 is 5.97 Å². The van der Waals surface area contributed by atoms with Crippen LogP contribution in [0.4, 0.5) is 0 Å². The molecule has 0 aliphatic carbocycles. The zero-order valence-electron chi connectivity index (χ0n) is 10.1. The van der Waals surface area contributed by atoms with Crippen LogP contribution in [0.15, 0.2) is 0 Å². The van der Waals surface area contributed by atoms with Gasteiger partial charge >= 0.3 is 43.7 Å². The van der Waals surface area contributed by atoms with Gasteiger partial charge in [0.1, 0.15) is 0 Å². The Morgan fingerprint density at radius 3 is 1.67 bits per heavy atom. The summed E-state index contributed by atoms with van der Waals surface area (Å²) >= 11 is 0. The first kappa shape index (κ1) is 18.1. The van der Waals surface area contributed by atoms with Crippen LogP contribution in [0.1, 0.15) is 71.1 Å². The molecule has 0 aliphatic rings. The van der Waals surface area contributed by atoms with Crippen LogP contribution in [0.2, 0.25) is 0 Å². The number of rotatable bonds is 10. The van der Waals surface area contributed by atoms with E-state index in [9.17, 15) is 4.79 Å². The van der Waals surface area contributed by atoms with Gasteiger partial charge in [-0.1, -0.05) is 58.3 Å². The third-order valence-corrected chi connectivity index (χ3v) is 2.49. The van der Waals surface area contributed by atoms with Crippen molar-refractivity contribution in [2.75, 3.05) is 0 Å². The molecular formula is C12H24CaO2+2. The Balaban J connectivity index is 0. The number of carboxylic acid groups (broad SMARTS) is 1. The molecule has 0 saturated heterocycles. The van der Waals surface area contributed by atoms with Crippen molar-refractivity contribution in [2.24, 2.45) is 0 Å². The van der Waals surface area contributed by atoms with E-state index in [0.29, 0.717) is 6.42 Å². The molecule has 0 amide bonds. The summed E-state index contributed by atoms with van der Waals surface area (Å²) < 4.78 is 0. The predicted molar refractivity (Wildman–Crippen MR) is 65.2 cm³/mol. The molecule has 0 aromatic heterocycles. The van der Waals surface area contributed by atoms with Gasteiger partial charge in [-0.05, 0) is 6.42 Å². The van der Waals surface area contributed by atoms with Crippen molar-refractivity contribution in [3.8, 4) is 0 Å². The average Bonchev–Trinajstić information content (AvgIpc) is 2.15. The summed E-state index contributed by atoms with van der Waals surface area (Å²) in [5.41, 5.74) is 0. The number of hydrogen-bond acceptors (Lipinski definition) is 1. The second kappa shape index (κ2) is 14.7. The van der Waals surface area contributed by atoms with E-state index in [-0.39, 0.29) is 37.7 Å². The maximum atomic E-state index is 10.2. The van der Waals surface area contributed by atoms with Gasteiger partial charge in [0.15, 0.2) is 0 Å². The summed E-state index contributed by atoms with van der Waals surface area (Å²) in [5, 5.41) is 8.41. The van der Waals surface area contributed by atoms with Gasteiger partial charge in [0.05, 0.1) is 0 Å². The molecule has 1 N–H and O–H groups in total. The molecule has 0 atom stereocenters. The van der Waals surface area contributed by atoms with E-state index in [1.54, 1.807) is 0 Å². The van der Waals surface area contributed by atoms with Crippen molar-refractivity contribution in [3.63, 3.8) is 0 Å². The van der Waals surface area contributed by atoms with Crippen LogP contribution in [-0.2, 0) is 4.79 Å². The van der Waals surface area contributed by atoms with Crippen molar-refractivity contribution in [2.45, 2.75) is 71.1 Å². The standard InChI is InChI=1S/C12H24O2.Ca/c1-2-3-4-5-6-7-8-9-10-11-12(13)14;/h2-11H2,1H3,(H,13,14);/q;+2. The largest absolute Gasteiger partial charge is 2.00 e. The van der Waals surface area contributed by atoms with Crippen molar-refractivity contribution in [3.05, 3.63) is 0 Å². The van der Waals surface area contributed by atoms with Gasteiger partial charge in [0.25, 0.3) is 0 Å². The number of hydrogen-bond donors (Lipinski definition) is 1. The molecule has 0 aromatic carbocycles. The second-order valence-electron chi connectivity index (χ2n) is 3.97. The minimum absolute atomic E-state index is 0. The van der Waals surface area contributed by atoms with E-state index in [1.807, 2.05) is 0 Å². The van der Waals surface area contributed by atoms with Crippen LogP contribution in [-0.4, -0.2) is 48.8 Å². The van der Waals surface area contributed by atoms with Gasteiger partial charge in [0.2, 0.25) is 0 Å². The molecule has 0 aromatic rings. The number of unbranched alkanes of at least 4 members (excludes halogenated alkanes) is 8. The third kappa shape index (κ3) is 17.3. The van der Waals surface area contributed by atoms with E-state index >= 15 is 0 Å². The van der Waals surface area contributed by atoms with Crippen LogP contribution in [0.5, 0.6) is 0 Å². The van der Waals surface area contributed by atoms with Gasteiger partial charge < -0.3 is 5.11 Å². The fourth-order valence-corrected chi connectivity index (χ4v) is 1.59. The molecule has 0 aliphatic heterocycles. The van der Waals surface area contributed by atoms with Crippen molar-refractivity contribution in [1.82, 2.24) is 0 Å². The van der Waals surface area contributed by atoms with Crippen LogP contribution in [0, 0.1) is 0 Å². The molecule has 0 radical (unpaired) electrons. The Morgan fingerprint density at radius 1 is 0.867 bits per heavy atom. The SMILES string of the molecule is CCCCCCCCCCCC(=O)O.[Ca+2]. The van der Waals surface area contributed by atoms with Gasteiger partial charge in [-0.15, -0.1) is 0 Å². The zero-order chi connectivity index (χ0) is 10.6. The zero-order valence-corrected chi connectivity index (χ0v) is 12.3. The molecule has 0 rings (SSSR count). The Bertz CT molecular complexity index is 138. The van der Waals surface area contributed by atoms with Crippen molar-refractivity contribution >= 4 is 43.7 Å². The van der Waals surface area contributed by atoms with Crippen LogP contribution in [0.25, 0.3) is 0 Å². The first-order chi connectivity index (χ1) is 6.77. The van der Waals surface area contributed by atoms with Crippen molar-refractivity contribution < 1.29 is 9.90 Å². The minimum Gasteiger partial charge on any atom is -0.481 e. The molecule has 15 heavy (non-hydrogen) atoms. The second-order valence-corrected chi connectivity index (χ2v) is 3.97. The van der Waals surface area contributed by atoms with Crippen LogP contribution < -0.4 is 0 Å². The number of aliphatic carboxylic acids is 1. The van der Waals surface area contributed by atoms with E-state index in [4.69, 9.17) is 5.11 Å². The summed E-state index contributed by atoms with van der Waals surface area (Å²) in [4.78, 5) is 10.2. The number of carbonyl (C=O) groups is 1. The molecule has 0 saturated carbocycles. The fourth-order valence-electron chi connectivity index (χ4n) is 1.59. The van der Waals surface area contributed by atoms with Gasteiger partial charge in [-0.3, -0.25) is 4.79 Å². The topological polar surface area (TPSA) is 37.3 Å². The summed E-state index contributed by atoms with van der Waals surface area (Å²) in [6.07, 6.45) is 11.5. The quantitative estimate of drug-likeness (QED) is 0.468. The smallest absolute Gasteiger partial charge is 0.481 e. The Kier molecular flexibility index (Phi) is 17.8. The first-order valence-corrected chi connectivity index (χ1v) is 5.99. The third-order valence-electron chi connectivity index (χ3n) is 2.49. The average molecular weight is 240 g/mol. The molecule has 0 bridgehead atoms.